The van der Waals surface area contributed by atoms with Crippen LogP contribution < -0.4 is 4.90 Å². The van der Waals surface area contributed by atoms with Gasteiger partial charge in [-0.2, -0.15) is 5.26 Å². The number of fused-ring (bicyclic) bond motifs is 2. The number of aliphatic hydroxyl groups is 1. The summed E-state index contributed by atoms with van der Waals surface area (Å²) < 4.78 is 0.855. The first kappa shape index (κ1) is 12.0. The smallest absolute Gasteiger partial charge is 0.100 e. The molecule has 2 aliphatic rings. The topological polar surface area (TPSA) is 47.3 Å². The molecular weight excluding hydrogens is 292 g/mol. The van der Waals surface area contributed by atoms with Crippen LogP contribution >= 0.6 is 15.9 Å². The molecule has 2 atom stereocenters. The molecule has 0 saturated carbocycles. The number of anilines is 1. The van der Waals surface area contributed by atoms with Crippen molar-refractivity contribution in [1.29, 1.82) is 5.26 Å². The van der Waals surface area contributed by atoms with Gasteiger partial charge in [-0.1, -0.05) is 0 Å². The van der Waals surface area contributed by atoms with Crippen LogP contribution in [0.2, 0.25) is 0 Å². The van der Waals surface area contributed by atoms with E-state index in [0.717, 1.165) is 17.3 Å². The van der Waals surface area contributed by atoms with Crippen LogP contribution in [0.4, 0.5) is 5.69 Å². The SMILES string of the molecule is N#Cc1ccc(N2C3CCC2CC(O)C3)cc1Br. The highest BCUT2D eigenvalue weighted by Crippen LogP contribution is 2.40. The van der Waals surface area contributed by atoms with E-state index in [0.29, 0.717) is 17.6 Å². The van der Waals surface area contributed by atoms with E-state index < -0.39 is 0 Å². The molecule has 2 bridgehead atoms. The number of aliphatic hydroxyl groups excluding tert-OH is 1. The molecule has 4 heteroatoms. The fourth-order valence-corrected chi connectivity index (χ4v) is 3.78. The van der Waals surface area contributed by atoms with Crippen molar-refractivity contribution in [2.24, 2.45) is 0 Å². The van der Waals surface area contributed by atoms with E-state index in [-0.39, 0.29) is 6.10 Å². The molecule has 0 amide bonds. The van der Waals surface area contributed by atoms with E-state index in [2.05, 4.69) is 26.9 Å². The monoisotopic (exact) mass is 306 g/mol. The molecule has 0 spiro atoms. The van der Waals surface area contributed by atoms with Crippen LogP contribution in [0.1, 0.15) is 31.2 Å². The lowest BCUT2D eigenvalue weighted by Gasteiger charge is -2.39. The van der Waals surface area contributed by atoms with Crippen molar-refractivity contribution < 1.29 is 5.11 Å². The summed E-state index contributed by atoms with van der Waals surface area (Å²) in [6.07, 6.45) is 3.93. The maximum Gasteiger partial charge on any atom is 0.100 e. The Hall–Kier alpha value is -1.05. The van der Waals surface area contributed by atoms with Crippen molar-refractivity contribution >= 4 is 21.6 Å². The maximum atomic E-state index is 9.81. The average Bonchev–Trinajstić information content (AvgIpc) is 2.61. The van der Waals surface area contributed by atoms with E-state index >= 15 is 0 Å². The summed E-state index contributed by atoms with van der Waals surface area (Å²) in [4.78, 5) is 2.43. The minimum absolute atomic E-state index is 0.138. The quantitative estimate of drug-likeness (QED) is 0.868. The van der Waals surface area contributed by atoms with Crippen LogP contribution in [0.15, 0.2) is 22.7 Å². The molecule has 94 valence electrons. The number of rotatable bonds is 1. The van der Waals surface area contributed by atoms with Crippen LogP contribution in [0.3, 0.4) is 0 Å². The minimum Gasteiger partial charge on any atom is -0.393 e. The molecular formula is C14H15BrN2O. The molecule has 1 N–H and O–H groups in total. The summed E-state index contributed by atoms with van der Waals surface area (Å²) in [6.45, 7) is 0. The molecule has 2 saturated heterocycles. The van der Waals surface area contributed by atoms with Gasteiger partial charge in [0.2, 0.25) is 0 Å². The van der Waals surface area contributed by atoms with Gasteiger partial charge in [-0.25, -0.2) is 0 Å². The van der Waals surface area contributed by atoms with Crippen molar-refractivity contribution in [1.82, 2.24) is 0 Å². The van der Waals surface area contributed by atoms with E-state index in [1.54, 1.807) is 0 Å². The molecule has 3 rings (SSSR count). The summed E-state index contributed by atoms with van der Waals surface area (Å²) in [7, 11) is 0. The first-order valence-corrected chi connectivity index (χ1v) is 7.14. The van der Waals surface area contributed by atoms with Crippen LogP contribution in [0.5, 0.6) is 0 Å². The average molecular weight is 307 g/mol. The second-order valence-electron chi connectivity index (χ2n) is 5.19. The van der Waals surface area contributed by atoms with Crippen molar-refractivity contribution in [2.75, 3.05) is 4.90 Å². The molecule has 0 aliphatic carbocycles. The predicted molar refractivity (Wildman–Crippen MR) is 73.4 cm³/mol. The van der Waals surface area contributed by atoms with E-state index in [9.17, 15) is 5.11 Å². The predicted octanol–water partition coefficient (Wildman–Crippen LogP) is 2.81. The highest BCUT2D eigenvalue weighted by molar-refractivity contribution is 9.10. The zero-order chi connectivity index (χ0) is 12.7. The van der Waals surface area contributed by atoms with Crippen molar-refractivity contribution in [2.45, 2.75) is 43.9 Å². The third-order valence-electron chi connectivity index (χ3n) is 4.08. The van der Waals surface area contributed by atoms with Crippen LogP contribution in [0.25, 0.3) is 0 Å². The number of nitrogens with zero attached hydrogens (tertiary/aromatic N) is 2. The van der Waals surface area contributed by atoms with Crippen LogP contribution in [0, 0.1) is 11.3 Å². The molecule has 0 radical (unpaired) electrons. The van der Waals surface area contributed by atoms with Gasteiger partial charge in [-0.15, -0.1) is 0 Å². The number of halogens is 1. The summed E-state index contributed by atoms with van der Waals surface area (Å²) >= 11 is 3.45. The summed E-state index contributed by atoms with van der Waals surface area (Å²) in [5.41, 5.74) is 1.84. The van der Waals surface area contributed by atoms with Gasteiger partial charge in [0.15, 0.2) is 0 Å². The largest absolute Gasteiger partial charge is 0.393 e. The van der Waals surface area contributed by atoms with Crippen molar-refractivity contribution in [3.8, 4) is 6.07 Å². The van der Waals surface area contributed by atoms with E-state index in [1.165, 1.54) is 18.5 Å². The second kappa shape index (κ2) is 4.56. The second-order valence-corrected chi connectivity index (χ2v) is 6.05. The number of benzene rings is 1. The Labute approximate surface area is 115 Å². The minimum atomic E-state index is -0.138. The van der Waals surface area contributed by atoms with Gasteiger partial charge in [0.05, 0.1) is 11.7 Å². The number of hydrogen-bond donors (Lipinski definition) is 1. The lowest BCUT2D eigenvalue weighted by atomic mass is 9.99. The lowest BCUT2D eigenvalue weighted by molar-refractivity contribution is 0.126. The maximum absolute atomic E-state index is 9.81. The Kier molecular flexibility index (Phi) is 3.04. The summed E-state index contributed by atoms with van der Waals surface area (Å²) in [6, 6.07) is 8.99. The summed E-state index contributed by atoms with van der Waals surface area (Å²) in [5.74, 6) is 0. The Morgan fingerprint density at radius 2 is 1.94 bits per heavy atom. The van der Waals surface area contributed by atoms with Crippen molar-refractivity contribution in [3.63, 3.8) is 0 Å². The third kappa shape index (κ3) is 1.92. The third-order valence-corrected chi connectivity index (χ3v) is 4.74. The van der Waals surface area contributed by atoms with Gasteiger partial charge in [0.25, 0.3) is 0 Å². The first-order valence-electron chi connectivity index (χ1n) is 6.35. The zero-order valence-corrected chi connectivity index (χ0v) is 11.6. The molecule has 2 aliphatic heterocycles. The van der Waals surface area contributed by atoms with Crippen LogP contribution in [-0.4, -0.2) is 23.3 Å². The van der Waals surface area contributed by atoms with Gasteiger partial charge < -0.3 is 10.0 Å². The van der Waals surface area contributed by atoms with E-state index in [1.807, 2.05) is 18.2 Å². The van der Waals surface area contributed by atoms with Gasteiger partial charge in [-0.05, 0) is 59.8 Å². The van der Waals surface area contributed by atoms with Crippen molar-refractivity contribution in [3.05, 3.63) is 28.2 Å². The highest BCUT2D eigenvalue weighted by Gasteiger charge is 2.40. The number of piperidine rings is 1. The molecule has 1 aromatic rings. The number of nitriles is 1. The Morgan fingerprint density at radius 1 is 1.28 bits per heavy atom. The van der Waals surface area contributed by atoms with Gasteiger partial charge in [0.1, 0.15) is 6.07 Å². The molecule has 0 aromatic heterocycles. The highest BCUT2D eigenvalue weighted by atomic mass is 79.9. The molecule has 18 heavy (non-hydrogen) atoms. The molecule has 2 unspecified atom stereocenters. The Balaban J connectivity index is 1.92. The number of hydrogen-bond acceptors (Lipinski definition) is 3. The normalized spacial score (nSPS) is 30.3. The Morgan fingerprint density at radius 3 is 2.50 bits per heavy atom. The van der Waals surface area contributed by atoms with Gasteiger partial charge >= 0.3 is 0 Å². The van der Waals surface area contributed by atoms with Gasteiger partial charge in [0, 0.05) is 22.2 Å². The molecule has 1 aromatic carbocycles. The fraction of sp³-hybridized carbons (Fsp3) is 0.500. The fourth-order valence-electron chi connectivity index (χ4n) is 3.33. The molecule has 2 heterocycles. The van der Waals surface area contributed by atoms with Crippen LogP contribution in [-0.2, 0) is 0 Å². The summed E-state index contributed by atoms with van der Waals surface area (Å²) in [5, 5.41) is 18.8. The first-order chi connectivity index (χ1) is 8.69. The van der Waals surface area contributed by atoms with Gasteiger partial charge in [-0.3, -0.25) is 0 Å². The zero-order valence-electron chi connectivity index (χ0n) is 10.0. The lowest BCUT2D eigenvalue weighted by Crippen LogP contribution is -2.44. The molecule has 2 fully saturated rings. The van der Waals surface area contributed by atoms with E-state index in [4.69, 9.17) is 5.26 Å². The Bertz CT molecular complexity index is 497. The standard InChI is InChI=1S/C14H15BrN2O/c15-14-7-12(2-1-9(14)8-16)17-10-3-4-11(17)6-13(18)5-10/h1-2,7,10-11,13,18H,3-6H2. The molecule has 3 nitrogen and oxygen atoms in total.